The lowest BCUT2D eigenvalue weighted by Crippen LogP contribution is -2.49. The summed E-state index contributed by atoms with van der Waals surface area (Å²) in [5.41, 5.74) is 0. The Morgan fingerprint density at radius 1 is 0.423 bits per heavy atom. The quantitative estimate of drug-likeness (QED) is 0.0265. The van der Waals surface area contributed by atoms with Crippen LogP contribution in [0.4, 0.5) is 0 Å². The molecule has 2 N–H and O–H groups in total. The van der Waals surface area contributed by atoms with E-state index in [4.69, 9.17) is 18.6 Å². The van der Waals surface area contributed by atoms with Crippen molar-refractivity contribution < 1.29 is 43.2 Å². The van der Waals surface area contributed by atoms with Crippen molar-refractivity contribution >= 4 is 26.2 Å². The first-order valence-corrected chi connectivity index (χ1v) is 36.5. The molecule has 0 aromatic carbocycles. The molecule has 9 atom stereocenters. The second-order valence-electron chi connectivity index (χ2n) is 26.0. The summed E-state index contributed by atoms with van der Waals surface area (Å²) < 4.78 is 22.8. The van der Waals surface area contributed by atoms with E-state index in [2.05, 4.69) is 68.5 Å². The number of carbonyl (C=O) groups is 3. The van der Waals surface area contributed by atoms with Gasteiger partial charge in [-0.3, -0.25) is 14.4 Å². The Hall–Kier alpha value is -1.49. The summed E-state index contributed by atoms with van der Waals surface area (Å²) in [5, 5.41) is 20.3. The highest BCUT2D eigenvalue weighted by atomic mass is 28.4. The standard InChI is InChI=1S/C28H56O3Si.C22H42O3.C17H32O3.CH4/c1-8-10-12-14-15-16-17-18-19-21-24(31-32(6,7)28(3,4)5)23-26-25(27(29)30-26)22-20-13-11-9-2;1-3-5-7-9-10-11-12-13-14-16-19(23)18-21-20(22(24)25-21)17-15-8-6-4-2;1-3-4-5-6-7-8-9-10-11-12-15(18)13-16-14(2)17(19)20-16;/h24-26H,8-23H2,1-7H3;19-21,23H,3-18H2,1-2H3;14-16,18H,3-13H2,1-2H3;1H4/t24-,25?,26?;19-,20+,21+;14-,15-,16-;/m111./s1. The lowest BCUT2D eigenvalue weighted by atomic mass is 9.86. The molecule has 3 aliphatic rings. The summed E-state index contributed by atoms with van der Waals surface area (Å²) in [7, 11) is -1.83. The molecular formula is C68H134O9Si. The van der Waals surface area contributed by atoms with E-state index in [1.807, 2.05) is 6.92 Å². The molecule has 3 saturated heterocycles. The zero-order valence-electron chi connectivity index (χ0n) is 52.9. The van der Waals surface area contributed by atoms with Crippen LogP contribution in [0.25, 0.3) is 0 Å². The van der Waals surface area contributed by atoms with Gasteiger partial charge in [-0.15, -0.1) is 0 Å². The first kappa shape index (κ1) is 76.5. The van der Waals surface area contributed by atoms with Crippen molar-refractivity contribution in [2.24, 2.45) is 17.8 Å². The Morgan fingerprint density at radius 2 is 0.705 bits per heavy atom. The van der Waals surface area contributed by atoms with Crippen molar-refractivity contribution in [1.29, 1.82) is 0 Å². The van der Waals surface area contributed by atoms with Crippen molar-refractivity contribution in [3.63, 3.8) is 0 Å². The zero-order chi connectivity index (χ0) is 57.2. The number of carbonyl (C=O) groups excluding carboxylic acids is 3. The van der Waals surface area contributed by atoms with E-state index < -0.39 is 8.32 Å². The molecule has 3 heterocycles. The summed E-state index contributed by atoms with van der Waals surface area (Å²) in [6.07, 6.45) is 51.8. The molecule has 0 radical (unpaired) electrons. The average molecular weight is 1120 g/mol. The molecule has 0 aromatic rings. The Labute approximate surface area is 485 Å². The normalized spacial score (nSPS) is 21.0. The Morgan fingerprint density at radius 3 is 1.01 bits per heavy atom. The van der Waals surface area contributed by atoms with Gasteiger partial charge in [0.25, 0.3) is 0 Å². The highest BCUT2D eigenvalue weighted by Gasteiger charge is 2.46. The number of esters is 3. The van der Waals surface area contributed by atoms with Gasteiger partial charge in [0.05, 0.1) is 30.0 Å². The molecule has 3 fully saturated rings. The first-order valence-electron chi connectivity index (χ1n) is 33.6. The molecule has 9 nitrogen and oxygen atoms in total. The van der Waals surface area contributed by atoms with Crippen LogP contribution in [-0.4, -0.2) is 73.1 Å². The summed E-state index contributed by atoms with van der Waals surface area (Å²) >= 11 is 0. The van der Waals surface area contributed by atoms with Gasteiger partial charge in [-0.1, -0.05) is 288 Å². The van der Waals surface area contributed by atoms with Crippen molar-refractivity contribution in [3.05, 3.63) is 0 Å². The van der Waals surface area contributed by atoms with Crippen LogP contribution in [0.3, 0.4) is 0 Å². The SMILES string of the molecule is C.CCCCCCCCCCC[C@@H](O)C[C@@H]1OC(=O)[C@H]1CCCCCC.CCCCCCCCCCC[C@@H](O)C[C@H]1OC(=O)[C@@H]1C.CCCCCCCCCCC[C@H](CC1OC(=O)C1CCCCCC)O[Si](C)(C)C(C)(C)C. The van der Waals surface area contributed by atoms with Crippen molar-refractivity contribution in [1.82, 2.24) is 0 Å². The zero-order valence-corrected chi connectivity index (χ0v) is 53.9. The third-order valence-corrected chi connectivity index (χ3v) is 22.2. The van der Waals surface area contributed by atoms with E-state index in [1.165, 1.54) is 199 Å². The monoisotopic (exact) mass is 1120 g/mol. The lowest BCUT2D eigenvalue weighted by Gasteiger charge is -2.42. The number of rotatable bonds is 48. The molecule has 0 bridgehead atoms. The van der Waals surface area contributed by atoms with Gasteiger partial charge < -0.3 is 28.8 Å². The Bertz CT molecular complexity index is 1420. The number of aliphatic hydroxyl groups is 2. The molecule has 0 aliphatic carbocycles. The topological polar surface area (TPSA) is 129 Å². The fraction of sp³-hybridized carbons (Fsp3) is 0.956. The number of cyclic esters (lactones) is 3. The number of unbranched alkanes of at least 4 members (excludes halogenated alkanes) is 30. The second-order valence-corrected chi connectivity index (χ2v) is 30.7. The smallest absolute Gasteiger partial charge is 0.313 e. The summed E-state index contributed by atoms with van der Waals surface area (Å²) in [4.78, 5) is 34.7. The van der Waals surface area contributed by atoms with Crippen LogP contribution in [-0.2, 0) is 33.0 Å². The van der Waals surface area contributed by atoms with E-state index >= 15 is 0 Å². The van der Waals surface area contributed by atoms with Crippen molar-refractivity contribution in [2.45, 2.75) is 401 Å². The minimum absolute atomic E-state index is 0. The van der Waals surface area contributed by atoms with Crippen LogP contribution >= 0.6 is 0 Å². The predicted octanol–water partition coefficient (Wildman–Crippen LogP) is 20.2. The van der Waals surface area contributed by atoms with Gasteiger partial charge >= 0.3 is 17.9 Å². The first-order chi connectivity index (χ1) is 37.0. The maximum absolute atomic E-state index is 12.1. The van der Waals surface area contributed by atoms with Crippen LogP contribution in [0.1, 0.15) is 346 Å². The minimum atomic E-state index is -1.83. The molecule has 0 saturated carbocycles. The number of ether oxygens (including phenoxy) is 3. The van der Waals surface area contributed by atoms with Crippen LogP contribution in [0.2, 0.25) is 18.1 Å². The van der Waals surface area contributed by atoms with E-state index in [0.717, 1.165) is 64.2 Å². The van der Waals surface area contributed by atoms with Gasteiger partial charge in [0.15, 0.2) is 8.32 Å². The van der Waals surface area contributed by atoms with E-state index in [0.29, 0.717) is 12.8 Å². The molecule has 3 aliphatic heterocycles. The van der Waals surface area contributed by atoms with Crippen LogP contribution in [0.15, 0.2) is 0 Å². The van der Waals surface area contributed by atoms with Crippen molar-refractivity contribution in [2.75, 3.05) is 0 Å². The van der Waals surface area contributed by atoms with Gasteiger partial charge in [-0.2, -0.15) is 0 Å². The third kappa shape index (κ3) is 36.2. The van der Waals surface area contributed by atoms with Crippen molar-refractivity contribution in [3.8, 4) is 0 Å². The molecule has 2 unspecified atom stereocenters. The average Bonchev–Trinajstić information content (AvgIpc) is 3.38. The molecule has 10 heteroatoms. The fourth-order valence-corrected chi connectivity index (χ4v) is 12.4. The lowest BCUT2D eigenvalue weighted by molar-refractivity contribution is -0.189. The van der Waals surface area contributed by atoms with Crippen LogP contribution in [0, 0.1) is 17.8 Å². The number of aliphatic hydroxyl groups excluding tert-OH is 2. The summed E-state index contributed by atoms with van der Waals surface area (Å²) in [5.74, 6) is 0.00517. The largest absolute Gasteiger partial charge is 0.461 e. The van der Waals surface area contributed by atoms with Gasteiger partial charge in [-0.05, 0) is 57.2 Å². The summed E-state index contributed by atoms with van der Waals surface area (Å²) in [6.45, 7) is 24.7. The maximum atomic E-state index is 12.1. The predicted molar refractivity (Wildman–Crippen MR) is 333 cm³/mol. The van der Waals surface area contributed by atoms with Gasteiger partial charge in [0.2, 0.25) is 0 Å². The molecule has 0 aromatic heterocycles. The molecule has 3 rings (SSSR count). The highest BCUT2D eigenvalue weighted by Crippen LogP contribution is 2.40. The molecule has 78 heavy (non-hydrogen) atoms. The molecule has 0 spiro atoms. The van der Waals surface area contributed by atoms with Gasteiger partial charge in [0, 0.05) is 25.4 Å². The second kappa shape index (κ2) is 47.9. The number of hydrogen-bond acceptors (Lipinski definition) is 9. The Balaban J connectivity index is 0.00000116. The minimum Gasteiger partial charge on any atom is -0.461 e. The van der Waals surface area contributed by atoms with Crippen LogP contribution < -0.4 is 0 Å². The highest BCUT2D eigenvalue weighted by molar-refractivity contribution is 6.74. The van der Waals surface area contributed by atoms with E-state index in [-0.39, 0.29) is 84.8 Å². The Kier molecular flexibility index (Phi) is 47.0. The fourth-order valence-electron chi connectivity index (χ4n) is 11.0. The molecule has 464 valence electrons. The van der Waals surface area contributed by atoms with Gasteiger partial charge in [-0.25, -0.2) is 0 Å². The molecule has 0 amide bonds. The third-order valence-electron chi connectivity index (χ3n) is 17.7. The van der Waals surface area contributed by atoms with E-state index in [9.17, 15) is 24.6 Å². The van der Waals surface area contributed by atoms with E-state index in [1.54, 1.807) is 0 Å². The van der Waals surface area contributed by atoms with Crippen LogP contribution in [0.5, 0.6) is 0 Å². The number of hydrogen-bond donors (Lipinski definition) is 2. The van der Waals surface area contributed by atoms with Gasteiger partial charge in [0.1, 0.15) is 18.3 Å². The maximum Gasteiger partial charge on any atom is 0.313 e. The molecular weight excluding hydrogens is 989 g/mol. The summed E-state index contributed by atoms with van der Waals surface area (Å²) in [6, 6.07) is 0.